The molecule has 0 aliphatic rings. The van der Waals surface area contributed by atoms with Crippen molar-refractivity contribution in [2.24, 2.45) is 0 Å². The average Bonchev–Trinajstić information content (AvgIpc) is 3.40. The van der Waals surface area contributed by atoms with Gasteiger partial charge in [0.05, 0.1) is 19.3 Å². The highest BCUT2D eigenvalue weighted by atomic mass is 32.1. The first-order valence-corrected chi connectivity index (χ1v) is 10.0. The van der Waals surface area contributed by atoms with Crippen LogP contribution in [0.25, 0.3) is 22.0 Å². The van der Waals surface area contributed by atoms with Crippen molar-refractivity contribution in [3.05, 3.63) is 58.2 Å². The molecule has 6 nitrogen and oxygen atoms in total. The van der Waals surface area contributed by atoms with E-state index < -0.39 is 0 Å². The number of H-pyrrole nitrogens is 1. The number of carbonyl (C=O) groups excluding carboxylic acids is 1. The second-order valence-corrected chi connectivity index (χ2v) is 7.45. The number of amides is 1. The molecule has 144 valence electrons. The Morgan fingerprint density at radius 3 is 2.89 bits per heavy atom. The Bertz CT molecular complexity index is 1130. The van der Waals surface area contributed by atoms with Crippen molar-refractivity contribution in [1.82, 2.24) is 20.1 Å². The standard InChI is InChI=1S/C21H22N4O2S/c1-13-20(16-6-9-28-12-16)14(2)25(24-13)8-7-22-21(26)19-10-15-4-5-17(27-3)11-18(15)23-19/h4-6,9-12,23H,7-8H2,1-3H3,(H,22,26). The van der Waals surface area contributed by atoms with E-state index in [9.17, 15) is 4.79 Å². The Kier molecular flexibility index (Phi) is 4.92. The number of methoxy groups -OCH3 is 1. The van der Waals surface area contributed by atoms with Crippen molar-refractivity contribution in [3.8, 4) is 16.9 Å². The average molecular weight is 395 g/mol. The zero-order valence-electron chi connectivity index (χ0n) is 16.1. The number of hydrogen-bond acceptors (Lipinski definition) is 4. The van der Waals surface area contributed by atoms with Gasteiger partial charge in [0.1, 0.15) is 11.4 Å². The highest BCUT2D eigenvalue weighted by Gasteiger charge is 2.14. The lowest BCUT2D eigenvalue weighted by Crippen LogP contribution is -2.28. The highest BCUT2D eigenvalue weighted by Crippen LogP contribution is 2.28. The van der Waals surface area contributed by atoms with Gasteiger partial charge in [0.25, 0.3) is 5.91 Å². The minimum atomic E-state index is -0.130. The highest BCUT2D eigenvalue weighted by molar-refractivity contribution is 7.08. The van der Waals surface area contributed by atoms with E-state index in [2.05, 4.69) is 39.1 Å². The summed E-state index contributed by atoms with van der Waals surface area (Å²) in [5.74, 6) is 0.627. The SMILES string of the molecule is COc1ccc2cc(C(=O)NCCn3nc(C)c(-c4ccsc4)c3C)[nH]c2c1. The van der Waals surface area contributed by atoms with Crippen molar-refractivity contribution < 1.29 is 9.53 Å². The molecule has 0 spiro atoms. The fraction of sp³-hybridized carbons (Fsp3) is 0.238. The number of fused-ring (bicyclic) bond motifs is 1. The first kappa shape index (κ1) is 18.3. The van der Waals surface area contributed by atoms with Crippen molar-refractivity contribution in [2.75, 3.05) is 13.7 Å². The van der Waals surface area contributed by atoms with Crippen molar-refractivity contribution in [2.45, 2.75) is 20.4 Å². The molecule has 0 aliphatic carbocycles. The largest absolute Gasteiger partial charge is 0.497 e. The van der Waals surface area contributed by atoms with Gasteiger partial charge in [-0.2, -0.15) is 16.4 Å². The molecule has 28 heavy (non-hydrogen) atoms. The molecule has 3 aromatic heterocycles. The molecule has 0 saturated heterocycles. The Hall–Kier alpha value is -3.06. The van der Waals surface area contributed by atoms with Gasteiger partial charge in [0.2, 0.25) is 0 Å². The number of aromatic nitrogens is 3. The number of aromatic amines is 1. The molecule has 1 amide bonds. The van der Waals surface area contributed by atoms with Crippen LogP contribution in [0.1, 0.15) is 21.9 Å². The van der Waals surface area contributed by atoms with E-state index in [4.69, 9.17) is 4.74 Å². The summed E-state index contributed by atoms with van der Waals surface area (Å²) >= 11 is 1.68. The molecule has 0 aliphatic heterocycles. The van der Waals surface area contributed by atoms with Crippen LogP contribution in [0.5, 0.6) is 5.75 Å². The quantitative estimate of drug-likeness (QED) is 0.516. The topological polar surface area (TPSA) is 71.9 Å². The number of carbonyl (C=O) groups is 1. The van der Waals surface area contributed by atoms with E-state index in [0.29, 0.717) is 18.8 Å². The van der Waals surface area contributed by atoms with E-state index in [1.54, 1.807) is 18.4 Å². The molecule has 4 aromatic rings. The molecule has 0 atom stereocenters. The number of thiophene rings is 1. The maximum atomic E-state index is 12.5. The fourth-order valence-electron chi connectivity index (χ4n) is 3.47. The van der Waals surface area contributed by atoms with Crippen LogP contribution in [0.3, 0.4) is 0 Å². The van der Waals surface area contributed by atoms with Gasteiger partial charge in [-0.25, -0.2) is 0 Å². The summed E-state index contributed by atoms with van der Waals surface area (Å²) in [7, 11) is 1.63. The Morgan fingerprint density at radius 2 is 2.14 bits per heavy atom. The number of rotatable bonds is 6. The minimum absolute atomic E-state index is 0.130. The third-order valence-electron chi connectivity index (χ3n) is 4.87. The van der Waals surface area contributed by atoms with Crippen molar-refractivity contribution in [3.63, 3.8) is 0 Å². The summed E-state index contributed by atoms with van der Waals surface area (Å²) < 4.78 is 7.18. The van der Waals surface area contributed by atoms with Crippen LogP contribution in [0.4, 0.5) is 0 Å². The van der Waals surface area contributed by atoms with Crippen LogP contribution in [-0.4, -0.2) is 34.3 Å². The second kappa shape index (κ2) is 7.52. The number of hydrogen-bond donors (Lipinski definition) is 2. The molecule has 3 heterocycles. The molecular formula is C21H22N4O2S. The molecule has 2 N–H and O–H groups in total. The lowest BCUT2D eigenvalue weighted by Gasteiger charge is -2.07. The van der Waals surface area contributed by atoms with Gasteiger partial charge in [0.15, 0.2) is 0 Å². The number of aryl methyl sites for hydroxylation is 1. The molecule has 7 heteroatoms. The first-order chi connectivity index (χ1) is 13.6. The van der Waals surface area contributed by atoms with Gasteiger partial charge < -0.3 is 15.0 Å². The molecule has 4 rings (SSSR count). The Balaban J connectivity index is 1.43. The van der Waals surface area contributed by atoms with E-state index in [1.807, 2.05) is 35.9 Å². The first-order valence-electron chi connectivity index (χ1n) is 9.08. The lowest BCUT2D eigenvalue weighted by atomic mass is 10.1. The van der Waals surface area contributed by atoms with Crippen molar-refractivity contribution >= 4 is 28.1 Å². The Morgan fingerprint density at radius 1 is 1.29 bits per heavy atom. The molecule has 0 unspecified atom stereocenters. The maximum absolute atomic E-state index is 12.5. The third-order valence-corrected chi connectivity index (χ3v) is 5.56. The number of ether oxygens (including phenoxy) is 1. The smallest absolute Gasteiger partial charge is 0.267 e. The molecule has 1 aromatic carbocycles. The molecule has 0 fully saturated rings. The summed E-state index contributed by atoms with van der Waals surface area (Å²) in [5.41, 5.74) is 5.91. The number of nitrogens with one attached hydrogen (secondary N) is 2. The molecule has 0 bridgehead atoms. The van der Waals surface area contributed by atoms with Gasteiger partial charge >= 0.3 is 0 Å². The van der Waals surface area contributed by atoms with Crippen molar-refractivity contribution in [1.29, 1.82) is 0 Å². The molecular weight excluding hydrogens is 372 g/mol. The zero-order chi connectivity index (χ0) is 19.7. The van der Waals surface area contributed by atoms with E-state index >= 15 is 0 Å². The van der Waals surface area contributed by atoms with Gasteiger partial charge in [0, 0.05) is 34.8 Å². The molecule has 0 radical (unpaired) electrons. The maximum Gasteiger partial charge on any atom is 0.267 e. The predicted molar refractivity (Wildman–Crippen MR) is 112 cm³/mol. The lowest BCUT2D eigenvalue weighted by molar-refractivity contribution is 0.0947. The van der Waals surface area contributed by atoms with Gasteiger partial charge in [-0.3, -0.25) is 9.48 Å². The number of benzene rings is 1. The van der Waals surface area contributed by atoms with E-state index in [0.717, 1.165) is 28.0 Å². The van der Waals surface area contributed by atoms with Crippen LogP contribution in [0.15, 0.2) is 41.1 Å². The van der Waals surface area contributed by atoms with Gasteiger partial charge in [-0.1, -0.05) is 0 Å². The van der Waals surface area contributed by atoms with Crippen LogP contribution >= 0.6 is 11.3 Å². The summed E-state index contributed by atoms with van der Waals surface area (Å²) in [4.78, 5) is 15.6. The second-order valence-electron chi connectivity index (χ2n) is 6.67. The third kappa shape index (κ3) is 3.41. The zero-order valence-corrected chi connectivity index (χ0v) is 16.9. The Labute approximate surface area is 167 Å². The van der Waals surface area contributed by atoms with Gasteiger partial charge in [-0.05, 0) is 54.4 Å². The normalized spacial score (nSPS) is 11.1. The van der Waals surface area contributed by atoms with Crippen LogP contribution in [-0.2, 0) is 6.54 Å². The van der Waals surface area contributed by atoms with Crippen LogP contribution in [0.2, 0.25) is 0 Å². The van der Waals surface area contributed by atoms with E-state index in [-0.39, 0.29) is 5.91 Å². The number of nitrogens with zero attached hydrogens (tertiary/aromatic N) is 2. The van der Waals surface area contributed by atoms with E-state index in [1.165, 1.54) is 11.1 Å². The van der Waals surface area contributed by atoms with Crippen LogP contribution < -0.4 is 10.1 Å². The van der Waals surface area contributed by atoms with Crippen LogP contribution in [0, 0.1) is 13.8 Å². The predicted octanol–water partition coefficient (Wildman–Crippen LogP) is 4.15. The summed E-state index contributed by atoms with van der Waals surface area (Å²) in [6.45, 7) is 5.22. The minimum Gasteiger partial charge on any atom is -0.497 e. The summed E-state index contributed by atoms with van der Waals surface area (Å²) in [5, 5.41) is 12.8. The monoisotopic (exact) mass is 394 g/mol. The fourth-order valence-corrected chi connectivity index (χ4v) is 4.11. The summed E-state index contributed by atoms with van der Waals surface area (Å²) in [6, 6.07) is 9.66. The molecule has 0 saturated carbocycles. The van der Waals surface area contributed by atoms with Gasteiger partial charge in [-0.15, -0.1) is 0 Å². The summed E-state index contributed by atoms with van der Waals surface area (Å²) in [6.07, 6.45) is 0.